The predicted molar refractivity (Wildman–Crippen MR) is 287 cm³/mol. The summed E-state index contributed by atoms with van der Waals surface area (Å²) in [5.41, 5.74) is 26.3. The molecule has 1 heterocycles. The first-order chi connectivity index (χ1) is 34.2. The quantitative estimate of drug-likeness (QED) is 0.164. The van der Waals surface area contributed by atoms with Crippen molar-refractivity contribution in [1.29, 1.82) is 0 Å². The van der Waals surface area contributed by atoms with Crippen molar-refractivity contribution in [2.75, 3.05) is 9.80 Å². The Labute approximate surface area is 403 Å². The van der Waals surface area contributed by atoms with Crippen molar-refractivity contribution >= 4 is 34.1 Å². The second kappa shape index (κ2) is 15.6. The fourth-order valence-electron chi connectivity index (χ4n) is 11.7. The first-order valence-corrected chi connectivity index (χ1v) is 23.9. The number of rotatable bonds is 6. The van der Waals surface area contributed by atoms with Crippen LogP contribution in [0.4, 0.5) is 34.1 Å². The molecule has 11 aromatic rings. The number of hydrogen-bond acceptors (Lipinski definition) is 2. The fourth-order valence-corrected chi connectivity index (χ4v) is 11.7. The average molecular weight is 877 g/mol. The SMILES string of the molecule is c1ccc(-c2ccc(N3c4ccc(-c5ccccc5)cc4N(c4ccc(-c5ccccc5)cc4)c4cc(-c5ccc6c(c5)C5(c7ccccc7-c7ccccc75)c5ccccc5-6)ccc43)cc2)cc1. The van der Waals surface area contributed by atoms with E-state index in [1.165, 1.54) is 83.5 Å². The van der Waals surface area contributed by atoms with Crippen molar-refractivity contribution in [3.63, 3.8) is 0 Å². The van der Waals surface area contributed by atoms with Gasteiger partial charge in [0.15, 0.2) is 0 Å². The Morgan fingerprint density at radius 1 is 0.203 bits per heavy atom. The topological polar surface area (TPSA) is 6.48 Å². The zero-order valence-electron chi connectivity index (χ0n) is 37.8. The van der Waals surface area contributed by atoms with Crippen LogP contribution in [0.2, 0.25) is 0 Å². The van der Waals surface area contributed by atoms with Crippen LogP contribution in [0.5, 0.6) is 0 Å². The molecule has 0 saturated carbocycles. The number of anilines is 6. The molecule has 1 spiro atoms. The molecule has 2 aliphatic carbocycles. The van der Waals surface area contributed by atoms with Gasteiger partial charge in [-0.15, -0.1) is 0 Å². The summed E-state index contributed by atoms with van der Waals surface area (Å²) in [6, 6.07) is 98.6. The second-order valence-corrected chi connectivity index (χ2v) is 18.4. The van der Waals surface area contributed by atoms with Crippen molar-refractivity contribution in [3.05, 3.63) is 289 Å². The molecule has 1 aliphatic heterocycles. The molecule has 0 amide bonds. The van der Waals surface area contributed by atoms with Crippen LogP contribution in [0.25, 0.3) is 66.8 Å². The maximum atomic E-state index is 2.50. The molecule has 0 unspecified atom stereocenters. The van der Waals surface area contributed by atoms with Gasteiger partial charge >= 0.3 is 0 Å². The molecule has 0 aromatic heterocycles. The van der Waals surface area contributed by atoms with Gasteiger partial charge in [0.2, 0.25) is 0 Å². The summed E-state index contributed by atoms with van der Waals surface area (Å²) in [5, 5.41) is 0. The lowest BCUT2D eigenvalue weighted by Crippen LogP contribution is -2.25. The minimum Gasteiger partial charge on any atom is -0.306 e. The van der Waals surface area contributed by atoms with Gasteiger partial charge in [-0.05, 0) is 144 Å². The molecule has 0 atom stereocenters. The van der Waals surface area contributed by atoms with E-state index in [4.69, 9.17) is 0 Å². The number of fused-ring (bicyclic) bond motifs is 12. The van der Waals surface area contributed by atoms with E-state index in [0.29, 0.717) is 0 Å². The second-order valence-electron chi connectivity index (χ2n) is 18.4. The van der Waals surface area contributed by atoms with Crippen molar-refractivity contribution in [1.82, 2.24) is 0 Å². The van der Waals surface area contributed by atoms with Crippen LogP contribution in [0.1, 0.15) is 22.3 Å². The summed E-state index contributed by atoms with van der Waals surface area (Å²) in [4.78, 5) is 4.94. The Bertz CT molecular complexity index is 3700. The smallest absolute Gasteiger partial charge is 0.0725 e. The Balaban J connectivity index is 0.987. The van der Waals surface area contributed by atoms with Crippen LogP contribution in [-0.2, 0) is 5.41 Å². The highest BCUT2D eigenvalue weighted by atomic mass is 15.3. The van der Waals surface area contributed by atoms with Crippen LogP contribution in [-0.4, -0.2) is 0 Å². The molecule has 3 aliphatic rings. The third-order valence-electron chi connectivity index (χ3n) is 14.8. The fraction of sp³-hybridized carbons (Fsp3) is 0.0149. The standard InChI is InChI=1S/C67H44N2/c1-4-16-45(17-5-1)48-28-35-53(36-29-48)68-63-40-33-51(47-20-8-3-9-21-47)43-65(63)69(54-37-30-49(31-38-54)46-18-6-2-7-19-46)66-44-52(34-41-64(66)68)50-32-39-58-57-24-12-15-27-61(57)67(62(58)42-50)59-25-13-10-22-55(59)56-23-11-14-26-60(56)67/h1-44H. The van der Waals surface area contributed by atoms with Gasteiger partial charge in [-0.1, -0.05) is 212 Å². The Morgan fingerprint density at radius 3 is 0.957 bits per heavy atom. The Morgan fingerprint density at radius 2 is 0.507 bits per heavy atom. The van der Waals surface area contributed by atoms with Gasteiger partial charge in [-0.25, -0.2) is 0 Å². The predicted octanol–water partition coefficient (Wildman–Crippen LogP) is 18.0. The van der Waals surface area contributed by atoms with E-state index in [-0.39, 0.29) is 0 Å². The Hall–Kier alpha value is -8.98. The number of nitrogens with zero attached hydrogens (tertiary/aromatic N) is 2. The van der Waals surface area contributed by atoms with E-state index in [9.17, 15) is 0 Å². The highest BCUT2D eigenvalue weighted by Crippen LogP contribution is 2.63. The van der Waals surface area contributed by atoms with Gasteiger partial charge in [-0.2, -0.15) is 0 Å². The molecular formula is C67H44N2. The van der Waals surface area contributed by atoms with Gasteiger partial charge < -0.3 is 9.80 Å². The van der Waals surface area contributed by atoms with E-state index in [0.717, 1.165) is 39.7 Å². The summed E-state index contributed by atoms with van der Waals surface area (Å²) in [7, 11) is 0. The van der Waals surface area contributed by atoms with Crippen LogP contribution in [0, 0.1) is 0 Å². The highest BCUT2D eigenvalue weighted by molar-refractivity contribution is 6.04. The molecule has 14 rings (SSSR count). The van der Waals surface area contributed by atoms with Crippen molar-refractivity contribution < 1.29 is 0 Å². The normalized spacial score (nSPS) is 13.3. The lowest BCUT2D eigenvalue weighted by Gasteiger charge is -2.41. The third-order valence-corrected chi connectivity index (χ3v) is 14.8. The maximum Gasteiger partial charge on any atom is 0.0725 e. The van der Waals surface area contributed by atoms with Crippen LogP contribution >= 0.6 is 0 Å². The molecule has 11 aromatic carbocycles. The van der Waals surface area contributed by atoms with Gasteiger partial charge in [0.05, 0.1) is 28.2 Å². The Kier molecular flexibility index (Phi) is 8.84. The van der Waals surface area contributed by atoms with Gasteiger partial charge in [-0.3, -0.25) is 0 Å². The maximum absolute atomic E-state index is 2.50. The summed E-state index contributed by atoms with van der Waals surface area (Å²) in [6.45, 7) is 0. The van der Waals surface area contributed by atoms with E-state index in [1.54, 1.807) is 0 Å². The average Bonchev–Trinajstić information content (AvgIpc) is 3.90. The molecule has 322 valence electrons. The molecule has 0 radical (unpaired) electrons. The van der Waals surface area contributed by atoms with Crippen molar-refractivity contribution in [2.45, 2.75) is 5.41 Å². The van der Waals surface area contributed by atoms with Crippen molar-refractivity contribution in [2.24, 2.45) is 0 Å². The highest BCUT2D eigenvalue weighted by Gasteiger charge is 2.51. The molecule has 0 saturated heterocycles. The van der Waals surface area contributed by atoms with Crippen LogP contribution < -0.4 is 9.80 Å². The number of benzene rings is 11. The molecule has 2 heteroatoms. The lowest BCUT2D eigenvalue weighted by molar-refractivity contribution is 0.794. The van der Waals surface area contributed by atoms with Crippen molar-refractivity contribution in [3.8, 4) is 66.8 Å². The minimum atomic E-state index is -0.425. The van der Waals surface area contributed by atoms with E-state index < -0.39 is 5.41 Å². The van der Waals surface area contributed by atoms with Gasteiger partial charge in [0.25, 0.3) is 0 Å². The first kappa shape index (κ1) is 39.2. The summed E-state index contributed by atoms with van der Waals surface area (Å²) < 4.78 is 0. The van der Waals surface area contributed by atoms with Gasteiger partial charge in [0.1, 0.15) is 0 Å². The third kappa shape index (κ3) is 5.99. The van der Waals surface area contributed by atoms with E-state index in [2.05, 4.69) is 277 Å². The monoisotopic (exact) mass is 876 g/mol. The molecule has 0 N–H and O–H groups in total. The number of hydrogen-bond donors (Lipinski definition) is 0. The molecule has 69 heavy (non-hydrogen) atoms. The molecule has 0 fully saturated rings. The van der Waals surface area contributed by atoms with Crippen LogP contribution in [0.15, 0.2) is 267 Å². The minimum absolute atomic E-state index is 0.425. The largest absolute Gasteiger partial charge is 0.306 e. The first-order valence-electron chi connectivity index (χ1n) is 23.9. The molecule has 0 bridgehead atoms. The molecule has 2 nitrogen and oxygen atoms in total. The molecular weight excluding hydrogens is 833 g/mol. The lowest BCUT2D eigenvalue weighted by atomic mass is 9.70. The zero-order chi connectivity index (χ0) is 45.5. The van der Waals surface area contributed by atoms with E-state index >= 15 is 0 Å². The summed E-state index contributed by atoms with van der Waals surface area (Å²) in [6.07, 6.45) is 0. The summed E-state index contributed by atoms with van der Waals surface area (Å²) >= 11 is 0. The van der Waals surface area contributed by atoms with Gasteiger partial charge in [0, 0.05) is 11.4 Å². The van der Waals surface area contributed by atoms with E-state index in [1.807, 2.05) is 0 Å². The van der Waals surface area contributed by atoms with Crippen LogP contribution in [0.3, 0.4) is 0 Å². The summed E-state index contributed by atoms with van der Waals surface area (Å²) in [5.74, 6) is 0. The zero-order valence-corrected chi connectivity index (χ0v) is 37.8.